The fraction of sp³-hybridized carbons (Fsp3) is 0.0667. The number of fused-ring (bicyclic) bond motifs is 1. The summed E-state index contributed by atoms with van der Waals surface area (Å²) in [6.45, 7) is 0.0989. The summed E-state index contributed by atoms with van der Waals surface area (Å²) in [5.41, 5.74) is 1.79. The van der Waals surface area contributed by atoms with Gasteiger partial charge in [0.1, 0.15) is 0 Å². The van der Waals surface area contributed by atoms with Crippen LogP contribution in [-0.4, -0.2) is 20.3 Å². The number of benzene rings is 2. The molecule has 0 fully saturated rings. The lowest BCUT2D eigenvalue weighted by molar-refractivity contribution is -0.384. The number of nitro benzene ring substituents is 1. The maximum atomic E-state index is 12.2. The molecule has 3 aromatic rings. The van der Waals surface area contributed by atoms with Crippen LogP contribution in [0.2, 0.25) is 0 Å². The van der Waals surface area contributed by atoms with E-state index in [-0.39, 0.29) is 18.0 Å². The van der Waals surface area contributed by atoms with Gasteiger partial charge in [-0.3, -0.25) is 14.9 Å². The van der Waals surface area contributed by atoms with E-state index in [0.717, 1.165) is 0 Å². The fourth-order valence-electron chi connectivity index (χ4n) is 2.15. The minimum Gasteiger partial charge on any atom is -0.322 e. The Morgan fingerprint density at radius 1 is 1.19 bits per heavy atom. The van der Waals surface area contributed by atoms with Gasteiger partial charge in [-0.2, -0.15) is 0 Å². The molecule has 0 aliphatic carbocycles. The molecule has 0 spiro atoms. The van der Waals surface area contributed by atoms with Gasteiger partial charge in [0.05, 0.1) is 28.8 Å². The number of Topliss-reactive ketones (excluding diaryl/α,β-unsaturated/α-hetero) is 1. The molecule has 1 heterocycles. The first-order chi connectivity index (χ1) is 10.1. The number of aromatic nitrogens is 2. The van der Waals surface area contributed by atoms with Crippen LogP contribution >= 0.6 is 0 Å². The summed E-state index contributed by atoms with van der Waals surface area (Å²) in [5, 5.41) is 10.8. The first-order valence-corrected chi connectivity index (χ1v) is 6.32. The van der Waals surface area contributed by atoms with E-state index >= 15 is 0 Å². The maximum Gasteiger partial charge on any atom is 0.271 e. The average molecular weight is 281 g/mol. The monoisotopic (exact) mass is 281 g/mol. The van der Waals surface area contributed by atoms with Crippen molar-refractivity contribution in [1.82, 2.24) is 9.55 Å². The summed E-state index contributed by atoms with van der Waals surface area (Å²) in [7, 11) is 0. The molecule has 0 atom stereocenters. The third-order valence-corrected chi connectivity index (χ3v) is 3.23. The van der Waals surface area contributed by atoms with E-state index in [1.54, 1.807) is 34.9 Å². The van der Waals surface area contributed by atoms with E-state index in [0.29, 0.717) is 16.6 Å². The molecule has 6 nitrogen and oxygen atoms in total. The highest BCUT2D eigenvalue weighted by Gasteiger charge is 2.12. The third-order valence-electron chi connectivity index (χ3n) is 3.23. The average Bonchev–Trinajstić information content (AvgIpc) is 2.90. The third kappa shape index (κ3) is 2.51. The van der Waals surface area contributed by atoms with Gasteiger partial charge in [0.2, 0.25) is 0 Å². The molecular weight excluding hydrogens is 270 g/mol. The van der Waals surface area contributed by atoms with E-state index in [1.165, 1.54) is 18.5 Å². The normalized spacial score (nSPS) is 10.7. The van der Waals surface area contributed by atoms with Crippen LogP contribution in [0.1, 0.15) is 10.4 Å². The van der Waals surface area contributed by atoms with E-state index in [9.17, 15) is 14.9 Å². The molecule has 3 rings (SSSR count). The van der Waals surface area contributed by atoms with E-state index < -0.39 is 4.92 Å². The molecule has 104 valence electrons. The van der Waals surface area contributed by atoms with E-state index in [2.05, 4.69) is 4.98 Å². The zero-order valence-electron chi connectivity index (χ0n) is 11.0. The molecule has 0 N–H and O–H groups in total. The van der Waals surface area contributed by atoms with Crippen molar-refractivity contribution >= 4 is 22.5 Å². The second-order valence-corrected chi connectivity index (χ2v) is 4.59. The number of carbonyl (C=O) groups is 1. The minimum absolute atomic E-state index is 0.0172. The first-order valence-electron chi connectivity index (χ1n) is 6.32. The van der Waals surface area contributed by atoms with Crippen molar-refractivity contribution < 1.29 is 9.72 Å². The SMILES string of the molecule is O=C(Cn1cnc2ccc([N+](=O)[O-])cc21)c1ccccc1. The fourth-order valence-corrected chi connectivity index (χ4v) is 2.15. The van der Waals surface area contributed by atoms with Crippen LogP contribution in [0.15, 0.2) is 54.9 Å². The number of hydrogen-bond acceptors (Lipinski definition) is 4. The van der Waals surface area contributed by atoms with Gasteiger partial charge >= 0.3 is 0 Å². The molecular formula is C15H11N3O3. The van der Waals surface area contributed by atoms with Gasteiger partial charge in [-0.25, -0.2) is 4.98 Å². The van der Waals surface area contributed by atoms with Crippen molar-refractivity contribution in [3.8, 4) is 0 Å². The molecule has 0 amide bonds. The highest BCUT2D eigenvalue weighted by molar-refractivity contribution is 5.96. The maximum absolute atomic E-state index is 12.2. The van der Waals surface area contributed by atoms with E-state index in [1.807, 2.05) is 6.07 Å². The van der Waals surface area contributed by atoms with Gasteiger partial charge in [-0.15, -0.1) is 0 Å². The number of rotatable bonds is 4. The summed E-state index contributed by atoms with van der Waals surface area (Å²) < 4.78 is 1.62. The molecule has 1 aromatic heterocycles. The standard InChI is InChI=1S/C15H11N3O3/c19-15(11-4-2-1-3-5-11)9-17-10-16-13-7-6-12(18(20)21)8-14(13)17/h1-8,10H,9H2. The zero-order chi connectivity index (χ0) is 14.8. The van der Waals surface area contributed by atoms with Gasteiger partial charge < -0.3 is 4.57 Å². The summed E-state index contributed by atoms with van der Waals surface area (Å²) in [5.74, 6) is -0.0681. The van der Waals surface area contributed by atoms with Crippen LogP contribution in [-0.2, 0) is 6.54 Å². The molecule has 0 radical (unpaired) electrons. The Kier molecular flexibility index (Phi) is 3.19. The molecule has 6 heteroatoms. The summed E-state index contributed by atoms with van der Waals surface area (Å²) in [6, 6.07) is 13.3. The number of non-ortho nitro benzene ring substituents is 1. The van der Waals surface area contributed by atoms with Gasteiger partial charge in [0, 0.05) is 17.7 Å². The second kappa shape index (κ2) is 5.16. The Hall–Kier alpha value is -3.02. The van der Waals surface area contributed by atoms with Crippen molar-refractivity contribution in [3.05, 3.63) is 70.5 Å². The van der Waals surface area contributed by atoms with Gasteiger partial charge in [-0.05, 0) is 6.07 Å². The van der Waals surface area contributed by atoms with Crippen molar-refractivity contribution in [2.45, 2.75) is 6.54 Å². The van der Waals surface area contributed by atoms with Crippen LogP contribution in [0.5, 0.6) is 0 Å². The molecule has 0 aliphatic heterocycles. The van der Waals surface area contributed by atoms with Crippen LogP contribution < -0.4 is 0 Å². The number of ketones is 1. The summed E-state index contributed by atoms with van der Waals surface area (Å²) in [6.07, 6.45) is 1.52. The van der Waals surface area contributed by atoms with Crippen molar-refractivity contribution in [2.24, 2.45) is 0 Å². The molecule has 0 bridgehead atoms. The highest BCUT2D eigenvalue weighted by atomic mass is 16.6. The summed E-state index contributed by atoms with van der Waals surface area (Å²) in [4.78, 5) is 26.7. The Morgan fingerprint density at radius 2 is 1.95 bits per heavy atom. The molecule has 0 unspecified atom stereocenters. The second-order valence-electron chi connectivity index (χ2n) is 4.59. The minimum atomic E-state index is -0.463. The Labute approximate surface area is 119 Å². The first kappa shape index (κ1) is 13.0. The quantitative estimate of drug-likeness (QED) is 0.418. The van der Waals surface area contributed by atoms with Crippen LogP contribution in [0.25, 0.3) is 11.0 Å². The molecule has 0 saturated carbocycles. The van der Waals surface area contributed by atoms with Gasteiger partial charge in [0.15, 0.2) is 5.78 Å². The Morgan fingerprint density at radius 3 is 2.67 bits per heavy atom. The molecule has 0 saturated heterocycles. The smallest absolute Gasteiger partial charge is 0.271 e. The lowest BCUT2D eigenvalue weighted by Crippen LogP contribution is -2.09. The van der Waals surface area contributed by atoms with Crippen molar-refractivity contribution in [1.29, 1.82) is 0 Å². The number of nitro groups is 1. The number of imidazole rings is 1. The van der Waals surface area contributed by atoms with Crippen molar-refractivity contribution in [3.63, 3.8) is 0 Å². The zero-order valence-corrected chi connectivity index (χ0v) is 11.0. The van der Waals surface area contributed by atoms with E-state index in [4.69, 9.17) is 0 Å². The molecule has 0 aliphatic rings. The summed E-state index contributed by atoms with van der Waals surface area (Å²) >= 11 is 0. The lowest BCUT2D eigenvalue weighted by Gasteiger charge is -2.03. The van der Waals surface area contributed by atoms with Crippen molar-refractivity contribution in [2.75, 3.05) is 0 Å². The Bertz CT molecular complexity index is 825. The number of hydrogen-bond donors (Lipinski definition) is 0. The molecule has 2 aromatic carbocycles. The van der Waals surface area contributed by atoms with Crippen LogP contribution in [0.3, 0.4) is 0 Å². The van der Waals surface area contributed by atoms with Crippen LogP contribution in [0, 0.1) is 10.1 Å². The largest absolute Gasteiger partial charge is 0.322 e. The van der Waals surface area contributed by atoms with Gasteiger partial charge in [0.25, 0.3) is 5.69 Å². The van der Waals surface area contributed by atoms with Gasteiger partial charge in [-0.1, -0.05) is 30.3 Å². The molecule has 21 heavy (non-hydrogen) atoms. The topological polar surface area (TPSA) is 78.0 Å². The van der Waals surface area contributed by atoms with Crippen LogP contribution in [0.4, 0.5) is 5.69 Å². The predicted molar refractivity (Wildman–Crippen MR) is 77.2 cm³/mol. The highest BCUT2D eigenvalue weighted by Crippen LogP contribution is 2.20. The number of carbonyl (C=O) groups excluding carboxylic acids is 1. The predicted octanol–water partition coefficient (Wildman–Crippen LogP) is 2.83. The Balaban J connectivity index is 1.95. The lowest BCUT2D eigenvalue weighted by atomic mass is 10.1. The number of nitrogens with zero attached hydrogens (tertiary/aromatic N) is 3.